The van der Waals surface area contributed by atoms with E-state index >= 15 is 0 Å². The topological polar surface area (TPSA) is 68.5 Å². The largest absolute Gasteiger partial charge is 0.374 e. The highest BCUT2D eigenvalue weighted by atomic mass is 35.5. The van der Waals surface area contributed by atoms with Crippen LogP contribution in [0.25, 0.3) is 0 Å². The van der Waals surface area contributed by atoms with Crippen molar-refractivity contribution in [3.8, 4) is 0 Å². The first-order chi connectivity index (χ1) is 9.79. The Morgan fingerprint density at radius 1 is 1.48 bits per heavy atom. The van der Waals surface area contributed by atoms with E-state index < -0.39 is 0 Å². The molecular formula is C14H22ClN3O2S. The van der Waals surface area contributed by atoms with Crippen molar-refractivity contribution in [2.24, 2.45) is 5.73 Å². The highest BCUT2D eigenvalue weighted by Gasteiger charge is 2.37. The van der Waals surface area contributed by atoms with Crippen molar-refractivity contribution in [1.29, 1.82) is 0 Å². The predicted molar refractivity (Wildman–Crippen MR) is 85.2 cm³/mol. The summed E-state index contributed by atoms with van der Waals surface area (Å²) in [5, 5.41) is 2.81. The lowest BCUT2D eigenvalue weighted by Gasteiger charge is -2.43. The number of hydrogen-bond donors (Lipinski definition) is 1. The van der Waals surface area contributed by atoms with Crippen LogP contribution in [0, 0.1) is 0 Å². The van der Waals surface area contributed by atoms with E-state index in [0.717, 1.165) is 24.3 Å². The first-order valence-electron chi connectivity index (χ1n) is 7.36. The number of carbonyl (C=O) groups excluding carboxylic acids is 1. The molecule has 1 saturated heterocycles. The molecule has 1 aliphatic carbocycles. The van der Waals surface area contributed by atoms with Crippen molar-refractivity contribution in [3.05, 3.63) is 16.1 Å². The molecule has 2 fully saturated rings. The molecule has 0 aromatic carbocycles. The number of ether oxygens (including phenoxy) is 1. The number of halogens is 1. The van der Waals surface area contributed by atoms with Gasteiger partial charge in [0.1, 0.15) is 5.69 Å². The van der Waals surface area contributed by atoms with Gasteiger partial charge in [-0.2, -0.15) is 0 Å². The van der Waals surface area contributed by atoms with Gasteiger partial charge in [0.05, 0.1) is 23.8 Å². The van der Waals surface area contributed by atoms with Gasteiger partial charge in [-0.05, 0) is 19.4 Å². The zero-order valence-corrected chi connectivity index (χ0v) is 13.6. The van der Waals surface area contributed by atoms with Crippen LogP contribution >= 0.6 is 23.7 Å². The van der Waals surface area contributed by atoms with Crippen LogP contribution in [-0.4, -0.2) is 47.6 Å². The number of aromatic nitrogens is 1. The molecule has 118 valence electrons. The van der Waals surface area contributed by atoms with Gasteiger partial charge < -0.3 is 15.4 Å². The van der Waals surface area contributed by atoms with E-state index in [1.807, 2.05) is 10.3 Å². The van der Waals surface area contributed by atoms with E-state index in [-0.39, 0.29) is 30.5 Å². The third kappa shape index (κ3) is 3.56. The van der Waals surface area contributed by atoms with Gasteiger partial charge in [0.2, 0.25) is 0 Å². The molecule has 0 bridgehead atoms. The summed E-state index contributed by atoms with van der Waals surface area (Å²) in [5.74, 6) is 0.0599. The van der Waals surface area contributed by atoms with Crippen LogP contribution in [0.2, 0.25) is 0 Å². The highest BCUT2D eigenvalue weighted by molar-refractivity contribution is 7.09. The standard InChI is InChI=1S/C14H21N3O2S.ClH/c15-6-5-13-16-10(9-20-13)14(18)17-7-8-19-12-4-2-1-3-11(12)17;/h9,11-12H,1-8,15H2;1H. The maximum Gasteiger partial charge on any atom is 0.273 e. The van der Waals surface area contributed by atoms with E-state index in [1.54, 1.807) is 0 Å². The number of amides is 1. The van der Waals surface area contributed by atoms with Crippen LogP contribution in [0.15, 0.2) is 5.38 Å². The first kappa shape index (κ1) is 16.7. The van der Waals surface area contributed by atoms with Gasteiger partial charge in [0.25, 0.3) is 5.91 Å². The van der Waals surface area contributed by atoms with Crippen LogP contribution in [0.5, 0.6) is 0 Å². The molecule has 1 saturated carbocycles. The Morgan fingerprint density at radius 3 is 3.10 bits per heavy atom. The Bertz CT molecular complexity index is 481. The molecule has 3 rings (SSSR count). The van der Waals surface area contributed by atoms with Gasteiger partial charge in [-0.1, -0.05) is 12.8 Å². The number of hydrogen-bond acceptors (Lipinski definition) is 5. The zero-order valence-electron chi connectivity index (χ0n) is 12.0. The molecule has 2 unspecified atom stereocenters. The molecule has 5 nitrogen and oxygen atoms in total. The molecule has 1 aliphatic heterocycles. The lowest BCUT2D eigenvalue weighted by atomic mass is 9.90. The fraction of sp³-hybridized carbons (Fsp3) is 0.714. The number of rotatable bonds is 3. The molecular weight excluding hydrogens is 310 g/mol. The molecule has 1 aromatic heterocycles. The third-order valence-electron chi connectivity index (χ3n) is 4.12. The number of nitrogens with two attached hydrogens (primary N) is 1. The Kier molecular flexibility index (Phi) is 5.98. The molecule has 21 heavy (non-hydrogen) atoms. The Labute approximate surface area is 135 Å². The van der Waals surface area contributed by atoms with Crippen LogP contribution in [0.1, 0.15) is 41.2 Å². The fourth-order valence-corrected chi connectivity index (χ4v) is 3.93. The van der Waals surface area contributed by atoms with Gasteiger partial charge in [0, 0.05) is 18.3 Å². The normalized spacial score (nSPS) is 25.1. The maximum atomic E-state index is 12.7. The van der Waals surface area contributed by atoms with Crippen molar-refractivity contribution >= 4 is 29.7 Å². The molecule has 7 heteroatoms. The second-order valence-electron chi connectivity index (χ2n) is 5.42. The summed E-state index contributed by atoms with van der Waals surface area (Å²) in [6.45, 7) is 1.90. The summed E-state index contributed by atoms with van der Waals surface area (Å²) in [4.78, 5) is 19.1. The van der Waals surface area contributed by atoms with Gasteiger partial charge in [-0.25, -0.2) is 4.98 Å². The lowest BCUT2D eigenvalue weighted by molar-refractivity contribution is -0.0754. The molecule has 2 heterocycles. The zero-order chi connectivity index (χ0) is 13.9. The quantitative estimate of drug-likeness (QED) is 0.917. The number of nitrogens with zero attached hydrogens (tertiary/aromatic N) is 2. The molecule has 2 aliphatic rings. The molecule has 2 N–H and O–H groups in total. The van der Waals surface area contributed by atoms with Crippen molar-refractivity contribution in [3.63, 3.8) is 0 Å². The first-order valence-corrected chi connectivity index (χ1v) is 8.24. The summed E-state index contributed by atoms with van der Waals surface area (Å²) < 4.78 is 5.81. The molecule has 0 radical (unpaired) electrons. The van der Waals surface area contributed by atoms with Gasteiger partial charge >= 0.3 is 0 Å². The number of morpholine rings is 1. The molecule has 1 aromatic rings. The van der Waals surface area contributed by atoms with Gasteiger partial charge in [0.15, 0.2) is 0 Å². The van der Waals surface area contributed by atoms with Crippen molar-refractivity contribution in [2.75, 3.05) is 19.7 Å². The fourth-order valence-electron chi connectivity index (χ4n) is 3.14. The number of fused-ring (bicyclic) bond motifs is 1. The predicted octanol–water partition coefficient (Wildman–Crippen LogP) is 1.85. The summed E-state index contributed by atoms with van der Waals surface area (Å²) in [5.41, 5.74) is 6.10. The van der Waals surface area contributed by atoms with E-state index in [4.69, 9.17) is 10.5 Å². The number of thiazole rings is 1. The lowest BCUT2D eigenvalue weighted by Crippen LogP contribution is -2.54. The molecule has 1 amide bonds. The van der Waals surface area contributed by atoms with Crippen molar-refractivity contribution in [1.82, 2.24) is 9.88 Å². The summed E-state index contributed by atoms with van der Waals surface area (Å²) in [6.07, 6.45) is 5.49. The van der Waals surface area contributed by atoms with Gasteiger partial charge in [-0.15, -0.1) is 23.7 Å². The second kappa shape index (κ2) is 7.54. The maximum absolute atomic E-state index is 12.7. The van der Waals surface area contributed by atoms with E-state index in [1.165, 1.54) is 24.2 Å². The third-order valence-corrected chi connectivity index (χ3v) is 5.03. The summed E-state index contributed by atoms with van der Waals surface area (Å²) >= 11 is 1.53. The smallest absolute Gasteiger partial charge is 0.273 e. The van der Waals surface area contributed by atoms with Crippen LogP contribution in [0.3, 0.4) is 0 Å². The molecule has 0 spiro atoms. The SMILES string of the molecule is Cl.NCCc1nc(C(=O)N2CCOC3CCCCC32)cs1. The Balaban J connectivity index is 0.00000161. The van der Waals surface area contributed by atoms with Crippen molar-refractivity contribution in [2.45, 2.75) is 44.2 Å². The highest BCUT2D eigenvalue weighted by Crippen LogP contribution is 2.29. The van der Waals surface area contributed by atoms with E-state index in [9.17, 15) is 4.79 Å². The minimum absolute atomic E-state index is 0. The van der Waals surface area contributed by atoms with E-state index in [2.05, 4.69) is 4.98 Å². The van der Waals surface area contributed by atoms with Gasteiger partial charge in [-0.3, -0.25) is 4.79 Å². The summed E-state index contributed by atoms with van der Waals surface area (Å²) in [7, 11) is 0. The van der Waals surface area contributed by atoms with Crippen LogP contribution in [0.4, 0.5) is 0 Å². The van der Waals surface area contributed by atoms with Crippen molar-refractivity contribution < 1.29 is 9.53 Å². The van der Waals surface area contributed by atoms with Crippen LogP contribution in [-0.2, 0) is 11.2 Å². The van der Waals surface area contributed by atoms with E-state index in [0.29, 0.717) is 25.4 Å². The number of carbonyl (C=O) groups is 1. The van der Waals surface area contributed by atoms with Crippen LogP contribution < -0.4 is 5.73 Å². The average molecular weight is 332 g/mol. The average Bonchev–Trinajstić information content (AvgIpc) is 2.95. The summed E-state index contributed by atoms with van der Waals surface area (Å²) in [6, 6.07) is 0.240. The second-order valence-corrected chi connectivity index (χ2v) is 6.37. The minimum Gasteiger partial charge on any atom is -0.374 e. The Hall–Kier alpha value is -0.690. The molecule has 2 atom stereocenters. The monoisotopic (exact) mass is 331 g/mol. The Morgan fingerprint density at radius 2 is 2.29 bits per heavy atom. The minimum atomic E-state index is 0.